The second-order valence-electron chi connectivity index (χ2n) is 5.43. The average molecular weight is 301 g/mol. The van der Waals surface area contributed by atoms with E-state index in [4.69, 9.17) is 21.1 Å². The van der Waals surface area contributed by atoms with Gasteiger partial charge in [-0.15, -0.1) is 0 Å². The highest BCUT2D eigenvalue weighted by molar-refractivity contribution is 7.80. The molecule has 0 saturated carbocycles. The fourth-order valence-electron chi connectivity index (χ4n) is 2.50. The maximum Gasteiger partial charge on any atom is 0.125 e. The average Bonchev–Trinajstić information content (AvgIpc) is 2.38. The van der Waals surface area contributed by atoms with Crippen molar-refractivity contribution in [2.75, 3.05) is 25.6 Å². The summed E-state index contributed by atoms with van der Waals surface area (Å²) in [6.45, 7) is 6.38. The number of hydrogen-bond acceptors (Lipinski definition) is 3. The van der Waals surface area contributed by atoms with Gasteiger partial charge in [0.1, 0.15) is 5.75 Å². The van der Waals surface area contributed by atoms with Crippen molar-refractivity contribution < 1.29 is 9.47 Å². The molecule has 1 aliphatic heterocycles. The summed E-state index contributed by atoms with van der Waals surface area (Å²) >= 11 is 10.5. The van der Waals surface area contributed by atoms with Crippen molar-refractivity contribution in [3.8, 4) is 5.75 Å². The highest BCUT2D eigenvalue weighted by Gasteiger charge is 2.32. The molecule has 0 aromatic heterocycles. The topological polar surface area (TPSA) is 18.5 Å². The highest BCUT2D eigenvalue weighted by atomic mass is 35.5. The van der Waals surface area contributed by atoms with E-state index in [1.807, 2.05) is 26.0 Å². The van der Waals surface area contributed by atoms with Gasteiger partial charge in [0, 0.05) is 23.7 Å². The number of halogens is 1. The fourth-order valence-corrected chi connectivity index (χ4v) is 3.24. The third kappa shape index (κ3) is 3.59. The minimum atomic E-state index is 0.139. The molecule has 0 aliphatic carbocycles. The number of benzene rings is 1. The normalized spacial score (nSPS) is 18.3. The fraction of sp³-hybridized carbons (Fsp3) is 0.600. The summed E-state index contributed by atoms with van der Waals surface area (Å²) in [6, 6.07) is 3.89. The van der Waals surface area contributed by atoms with Gasteiger partial charge in [0.2, 0.25) is 0 Å². The van der Waals surface area contributed by atoms with Crippen LogP contribution in [0.2, 0.25) is 5.02 Å². The molecule has 0 spiro atoms. The lowest BCUT2D eigenvalue weighted by molar-refractivity contribution is 0.00288. The summed E-state index contributed by atoms with van der Waals surface area (Å²) in [7, 11) is 0. The van der Waals surface area contributed by atoms with E-state index in [0.29, 0.717) is 6.61 Å². The summed E-state index contributed by atoms with van der Waals surface area (Å²) in [5.41, 5.74) is 2.32. The highest BCUT2D eigenvalue weighted by Crippen LogP contribution is 2.34. The second kappa shape index (κ2) is 6.38. The lowest BCUT2D eigenvalue weighted by atomic mass is 9.83. The molecule has 1 saturated heterocycles. The molecule has 106 valence electrons. The Kier molecular flexibility index (Phi) is 5.04. The Labute approximate surface area is 125 Å². The van der Waals surface area contributed by atoms with Crippen LogP contribution in [0.4, 0.5) is 0 Å². The standard InChI is InChI=1S/C15H21ClO2S/c1-11-7-13(16)8-12(2)14(11)18-9-15(10-19)3-5-17-6-4-15/h7-8,19H,3-6,9-10H2,1-2H3. The van der Waals surface area contributed by atoms with Gasteiger partial charge in [0.25, 0.3) is 0 Å². The molecule has 0 amide bonds. The first-order valence-electron chi connectivity index (χ1n) is 6.64. The van der Waals surface area contributed by atoms with E-state index in [1.165, 1.54) is 0 Å². The van der Waals surface area contributed by atoms with Crippen molar-refractivity contribution in [1.82, 2.24) is 0 Å². The monoisotopic (exact) mass is 300 g/mol. The zero-order chi connectivity index (χ0) is 13.9. The van der Waals surface area contributed by atoms with Crippen LogP contribution in [0.15, 0.2) is 12.1 Å². The zero-order valence-electron chi connectivity index (χ0n) is 11.5. The van der Waals surface area contributed by atoms with Crippen molar-refractivity contribution in [1.29, 1.82) is 0 Å². The summed E-state index contributed by atoms with van der Waals surface area (Å²) in [5, 5.41) is 0.761. The number of thiol groups is 1. The molecule has 0 N–H and O–H groups in total. The lowest BCUT2D eigenvalue weighted by Gasteiger charge is -2.35. The van der Waals surface area contributed by atoms with Gasteiger partial charge < -0.3 is 9.47 Å². The molecule has 1 aromatic carbocycles. The number of hydrogen-bond donors (Lipinski definition) is 1. The van der Waals surface area contributed by atoms with Gasteiger partial charge in [0.05, 0.1) is 6.61 Å². The quantitative estimate of drug-likeness (QED) is 0.845. The molecule has 0 bridgehead atoms. The predicted octanol–water partition coefficient (Wildman–Crippen LogP) is 4.06. The van der Waals surface area contributed by atoms with E-state index in [1.54, 1.807) is 0 Å². The van der Waals surface area contributed by atoms with Crippen LogP contribution in [0.25, 0.3) is 0 Å². The largest absolute Gasteiger partial charge is 0.492 e. The van der Waals surface area contributed by atoms with Crippen LogP contribution in [-0.4, -0.2) is 25.6 Å². The van der Waals surface area contributed by atoms with Crippen LogP contribution in [-0.2, 0) is 4.74 Å². The van der Waals surface area contributed by atoms with Crippen LogP contribution >= 0.6 is 24.2 Å². The predicted molar refractivity (Wildman–Crippen MR) is 82.8 cm³/mol. The van der Waals surface area contributed by atoms with Gasteiger partial charge in [-0.05, 0) is 55.7 Å². The molecule has 1 aromatic rings. The van der Waals surface area contributed by atoms with E-state index in [-0.39, 0.29) is 5.41 Å². The first-order chi connectivity index (χ1) is 9.06. The molecule has 19 heavy (non-hydrogen) atoms. The van der Waals surface area contributed by atoms with Crippen LogP contribution < -0.4 is 4.74 Å². The van der Waals surface area contributed by atoms with Crippen LogP contribution in [0.5, 0.6) is 5.75 Å². The number of rotatable bonds is 4. The van der Waals surface area contributed by atoms with Crippen molar-refractivity contribution in [3.63, 3.8) is 0 Å². The van der Waals surface area contributed by atoms with Gasteiger partial charge in [-0.3, -0.25) is 0 Å². The zero-order valence-corrected chi connectivity index (χ0v) is 13.2. The van der Waals surface area contributed by atoms with Crippen LogP contribution in [0.3, 0.4) is 0 Å². The van der Waals surface area contributed by atoms with Gasteiger partial charge >= 0.3 is 0 Å². The molecule has 4 heteroatoms. The van der Waals surface area contributed by atoms with Gasteiger partial charge in [-0.25, -0.2) is 0 Å². The Balaban J connectivity index is 2.09. The van der Waals surface area contributed by atoms with Crippen molar-refractivity contribution in [2.24, 2.45) is 5.41 Å². The van der Waals surface area contributed by atoms with Crippen molar-refractivity contribution >= 4 is 24.2 Å². The minimum Gasteiger partial charge on any atom is -0.492 e. The van der Waals surface area contributed by atoms with E-state index < -0.39 is 0 Å². The third-order valence-corrected chi connectivity index (χ3v) is 4.73. The molecule has 1 heterocycles. The molecule has 0 unspecified atom stereocenters. The molecule has 0 radical (unpaired) electrons. The first kappa shape index (κ1) is 15.0. The SMILES string of the molecule is Cc1cc(Cl)cc(C)c1OCC1(CS)CCOCC1. The van der Waals surface area contributed by atoms with E-state index >= 15 is 0 Å². The Hall–Kier alpha value is -0.380. The Morgan fingerprint density at radius 2 is 1.84 bits per heavy atom. The number of aryl methyl sites for hydroxylation is 2. The van der Waals surface area contributed by atoms with Crippen LogP contribution in [0, 0.1) is 19.3 Å². The summed E-state index contributed by atoms with van der Waals surface area (Å²) in [4.78, 5) is 0. The van der Waals surface area contributed by atoms with Gasteiger partial charge in [-0.2, -0.15) is 12.6 Å². The Morgan fingerprint density at radius 1 is 1.26 bits per heavy atom. The van der Waals surface area contributed by atoms with E-state index in [2.05, 4.69) is 12.6 Å². The van der Waals surface area contributed by atoms with E-state index in [9.17, 15) is 0 Å². The molecule has 0 atom stereocenters. The Bertz CT molecular complexity index is 419. The van der Waals surface area contributed by atoms with Crippen molar-refractivity contribution in [3.05, 3.63) is 28.3 Å². The smallest absolute Gasteiger partial charge is 0.125 e. The summed E-state index contributed by atoms with van der Waals surface area (Å²) in [5.74, 6) is 1.79. The number of ether oxygens (including phenoxy) is 2. The second-order valence-corrected chi connectivity index (χ2v) is 6.18. The summed E-state index contributed by atoms with van der Waals surface area (Å²) in [6.07, 6.45) is 2.03. The van der Waals surface area contributed by atoms with E-state index in [0.717, 1.165) is 53.7 Å². The molecular formula is C15H21ClO2S. The Morgan fingerprint density at radius 3 is 2.37 bits per heavy atom. The maximum atomic E-state index is 6.09. The van der Waals surface area contributed by atoms with Crippen molar-refractivity contribution in [2.45, 2.75) is 26.7 Å². The first-order valence-corrected chi connectivity index (χ1v) is 7.65. The molecular weight excluding hydrogens is 280 g/mol. The molecule has 2 rings (SSSR count). The molecule has 2 nitrogen and oxygen atoms in total. The minimum absolute atomic E-state index is 0.139. The maximum absolute atomic E-state index is 6.09. The van der Waals surface area contributed by atoms with Gasteiger partial charge in [-0.1, -0.05) is 11.6 Å². The third-order valence-electron chi connectivity index (χ3n) is 3.84. The lowest BCUT2D eigenvalue weighted by Crippen LogP contribution is -2.37. The van der Waals surface area contributed by atoms with Crippen LogP contribution in [0.1, 0.15) is 24.0 Å². The molecule has 1 aliphatic rings. The molecule has 1 fully saturated rings. The summed E-state index contributed by atoms with van der Waals surface area (Å²) < 4.78 is 11.5. The van der Waals surface area contributed by atoms with Gasteiger partial charge in [0.15, 0.2) is 0 Å².